The molecule has 0 atom stereocenters. The summed E-state index contributed by atoms with van der Waals surface area (Å²) in [5, 5.41) is 0. The molecular weight excluding hydrogens is 209 g/mol. The molecule has 0 N–H and O–H groups in total. The van der Waals surface area contributed by atoms with Gasteiger partial charge in [0.2, 0.25) is 0 Å². The molecule has 0 spiro atoms. The van der Waals surface area contributed by atoms with E-state index in [9.17, 15) is 13.2 Å². The van der Waals surface area contributed by atoms with Crippen molar-refractivity contribution in [3.63, 3.8) is 0 Å². The second kappa shape index (κ2) is 4.00. The fourth-order valence-corrected chi connectivity index (χ4v) is 1.26. The Morgan fingerprint density at radius 1 is 1.00 bits per heavy atom. The van der Waals surface area contributed by atoms with Crippen LogP contribution in [-0.2, 0) is 0 Å². The van der Waals surface area contributed by atoms with Gasteiger partial charge in [0.25, 0.3) is 0 Å². The zero-order valence-corrected chi connectivity index (χ0v) is 8.61. The second-order valence-corrected chi connectivity index (χ2v) is 3.11. The van der Waals surface area contributed by atoms with Crippen molar-refractivity contribution < 1.29 is 22.6 Å². The van der Waals surface area contributed by atoms with E-state index >= 15 is 0 Å². The van der Waals surface area contributed by atoms with Crippen LogP contribution in [0.1, 0.15) is 11.1 Å². The lowest BCUT2D eigenvalue weighted by Gasteiger charge is -2.16. The lowest BCUT2D eigenvalue weighted by atomic mass is 10.1. The van der Waals surface area contributed by atoms with Gasteiger partial charge in [0.05, 0.1) is 7.11 Å². The minimum absolute atomic E-state index is 0.118. The van der Waals surface area contributed by atoms with Crippen LogP contribution in [0.4, 0.5) is 13.2 Å². The van der Waals surface area contributed by atoms with Gasteiger partial charge in [-0.3, -0.25) is 0 Å². The summed E-state index contributed by atoms with van der Waals surface area (Å²) in [4.78, 5) is 0. The Morgan fingerprint density at radius 2 is 1.47 bits per heavy atom. The van der Waals surface area contributed by atoms with Gasteiger partial charge in [-0.05, 0) is 25.0 Å². The van der Waals surface area contributed by atoms with Crippen LogP contribution >= 0.6 is 0 Å². The smallest absolute Gasteiger partial charge is 0.493 e. The van der Waals surface area contributed by atoms with Gasteiger partial charge in [0, 0.05) is 0 Å². The van der Waals surface area contributed by atoms with Crippen molar-refractivity contribution in [3.05, 3.63) is 23.3 Å². The Kier molecular flexibility index (Phi) is 3.12. The Morgan fingerprint density at radius 3 is 1.87 bits per heavy atom. The quantitative estimate of drug-likeness (QED) is 0.761. The molecule has 0 fully saturated rings. The second-order valence-electron chi connectivity index (χ2n) is 3.11. The molecule has 0 saturated heterocycles. The molecule has 0 bridgehead atoms. The maximum absolute atomic E-state index is 12.1. The van der Waals surface area contributed by atoms with E-state index in [1.807, 2.05) is 0 Å². The highest BCUT2D eigenvalue weighted by atomic mass is 19.4. The van der Waals surface area contributed by atoms with Gasteiger partial charge in [0.1, 0.15) is 0 Å². The fraction of sp³-hybridized carbons (Fsp3) is 0.400. The molecule has 1 rings (SSSR count). The van der Waals surface area contributed by atoms with Gasteiger partial charge in [-0.25, -0.2) is 0 Å². The minimum atomic E-state index is -4.70. The van der Waals surface area contributed by atoms with Crippen LogP contribution in [-0.4, -0.2) is 13.5 Å². The first-order valence-corrected chi connectivity index (χ1v) is 4.25. The molecule has 0 heterocycles. The van der Waals surface area contributed by atoms with E-state index in [0.717, 1.165) is 0 Å². The molecular formula is C10H11F3O2. The van der Waals surface area contributed by atoms with E-state index in [1.165, 1.54) is 14.0 Å². The molecule has 2 nitrogen and oxygen atoms in total. The number of methoxy groups -OCH3 is 1. The normalized spacial score (nSPS) is 11.3. The predicted molar refractivity (Wildman–Crippen MR) is 49.2 cm³/mol. The van der Waals surface area contributed by atoms with E-state index in [0.29, 0.717) is 11.1 Å². The summed E-state index contributed by atoms with van der Waals surface area (Å²) in [6.45, 7) is 3.19. The third-order valence-corrected chi connectivity index (χ3v) is 1.93. The van der Waals surface area contributed by atoms with Crippen molar-refractivity contribution >= 4 is 0 Å². The molecule has 84 valence electrons. The topological polar surface area (TPSA) is 18.5 Å². The van der Waals surface area contributed by atoms with Gasteiger partial charge in [-0.1, -0.05) is 12.1 Å². The summed E-state index contributed by atoms with van der Waals surface area (Å²) < 4.78 is 45.1. The van der Waals surface area contributed by atoms with Crippen LogP contribution < -0.4 is 9.47 Å². The van der Waals surface area contributed by atoms with Crippen LogP contribution in [0.3, 0.4) is 0 Å². The summed E-state index contributed by atoms with van der Waals surface area (Å²) in [7, 11) is 1.31. The van der Waals surface area contributed by atoms with E-state index < -0.39 is 6.36 Å². The maximum Gasteiger partial charge on any atom is 0.573 e. The Balaban J connectivity index is 3.20. The fourth-order valence-electron chi connectivity index (χ4n) is 1.26. The number of rotatable bonds is 2. The molecule has 0 amide bonds. The van der Waals surface area contributed by atoms with Crippen molar-refractivity contribution in [2.75, 3.05) is 7.11 Å². The zero-order valence-electron chi connectivity index (χ0n) is 8.61. The highest BCUT2D eigenvalue weighted by molar-refractivity contribution is 5.51. The molecule has 15 heavy (non-hydrogen) atoms. The molecule has 1 aromatic rings. The SMILES string of the molecule is COc1c(C)ccc(C)c1OC(F)(F)F. The first-order chi connectivity index (χ1) is 6.85. The van der Waals surface area contributed by atoms with Gasteiger partial charge in [-0.2, -0.15) is 0 Å². The molecule has 0 unspecified atom stereocenters. The van der Waals surface area contributed by atoms with Crippen LogP contribution in [0, 0.1) is 13.8 Å². The number of ether oxygens (including phenoxy) is 2. The van der Waals surface area contributed by atoms with Gasteiger partial charge in [0.15, 0.2) is 11.5 Å². The van der Waals surface area contributed by atoms with E-state index in [-0.39, 0.29) is 11.5 Å². The first-order valence-electron chi connectivity index (χ1n) is 4.25. The Hall–Kier alpha value is -1.39. The number of halogens is 3. The van der Waals surface area contributed by atoms with Crippen LogP contribution in [0.15, 0.2) is 12.1 Å². The third kappa shape index (κ3) is 2.78. The number of hydrogen-bond acceptors (Lipinski definition) is 2. The maximum atomic E-state index is 12.1. The summed E-state index contributed by atoms with van der Waals surface area (Å²) in [6, 6.07) is 3.23. The molecule has 5 heteroatoms. The van der Waals surface area contributed by atoms with Gasteiger partial charge >= 0.3 is 6.36 Å². The van der Waals surface area contributed by atoms with Crippen LogP contribution in [0.5, 0.6) is 11.5 Å². The molecule has 0 aliphatic carbocycles. The number of benzene rings is 1. The summed E-state index contributed by atoms with van der Waals surface area (Å²) in [5.74, 6) is -0.155. The van der Waals surface area contributed by atoms with Crippen molar-refractivity contribution in [1.29, 1.82) is 0 Å². The molecule has 0 aliphatic rings. The van der Waals surface area contributed by atoms with Crippen LogP contribution in [0.2, 0.25) is 0 Å². The minimum Gasteiger partial charge on any atom is -0.493 e. The lowest BCUT2D eigenvalue weighted by molar-refractivity contribution is -0.275. The molecule has 0 aromatic heterocycles. The number of aryl methyl sites for hydroxylation is 2. The third-order valence-electron chi connectivity index (χ3n) is 1.93. The predicted octanol–water partition coefficient (Wildman–Crippen LogP) is 3.21. The standard InChI is InChI=1S/C10H11F3O2/c1-6-4-5-7(2)9(8(6)14-3)15-10(11,12)13/h4-5H,1-3H3. The Labute approximate surface area is 85.6 Å². The van der Waals surface area contributed by atoms with Gasteiger partial charge < -0.3 is 9.47 Å². The highest BCUT2D eigenvalue weighted by Gasteiger charge is 2.33. The molecule has 1 aromatic carbocycles. The summed E-state index contributed by atoms with van der Waals surface area (Å²) in [6.07, 6.45) is -4.70. The van der Waals surface area contributed by atoms with Gasteiger partial charge in [-0.15, -0.1) is 13.2 Å². The van der Waals surface area contributed by atoms with E-state index in [4.69, 9.17) is 4.74 Å². The van der Waals surface area contributed by atoms with Crippen molar-refractivity contribution in [2.45, 2.75) is 20.2 Å². The van der Waals surface area contributed by atoms with Crippen molar-refractivity contribution in [2.24, 2.45) is 0 Å². The lowest BCUT2D eigenvalue weighted by Crippen LogP contribution is -2.18. The Bertz CT molecular complexity index is 358. The zero-order chi connectivity index (χ0) is 11.6. The van der Waals surface area contributed by atoms with Crippen LogP contribution in [0.25, 0.3) is 0 Å². The highest BCUT2D eigenvalue weighted by Crippen LogP contribution is 2.37. The average molecular weight is 220 g/mol. The van der Waals surface area contributed by atoms with Crippen molar-refractivity contribution in [3.8, 4) is 11.5 Å². The number of hydrogen-bond donors (Lipinski definition) is 0. The van der Waals surface area contributed by atoms with E-state index in [1.54, 1.807) is 19.1 Å². The number of alkyl halides is 3. The van der Waals surface area contributed by atoms with E-state index in [2.05, 4.69) is 4.74 Å². The molecule has 0 aliphatic heterocycles. The molecule has 0 saturated carbocycles. The average Bonchev–Trinajstić information content (AvgIpc) is 2.10. The monoisotopic (exact) mass is 220 g/mol. The molecule has 0 radical (unpaired) electrons. The largest absolute Gasteiger partial charge is 0.573 e. The first kappa shape index (κ1) is 11.7. The van der Waals surface area contributed by atoms with Crippen molar-refractivity contribution in [1.82, 2.24) is 0 Å². The summed E-state index contributed by atoms with van der Waals surface area (Å²) >= 11 is 0. The summed E-state index contributed by atoms with van der Waals surface area (Å²) in [5.41, 5.74) is 0.983.